The van der Waals surface area contributed by atoms with E-state index in [1.54, 1.807) is 0 Å². The zero-order chi connectivity index (χ0) is 21.8. The molecular weight excluding hydrogens is 386 g/mol. The Balaban J connectivity index is 1.37. The second-order valence-corrected chi connectivity index (χ2v) is 8.96. The van der Waals surface area contributed by atoms with Crippen molar-refractivity contribution in [2.75, 3.05) is 5.32 Å². The molecule has 1 amide bonds. The SMILES string of the molecule is Cc1ccc(NC(C)(C)C(=O)NC2CCc3nnc(Cc4ccccc4)n3CC2)cc1. The summed E-state index contributed by atoms with van der Waals surface area (Å²) in [5, 5.41) is 15.5. The molecule has 1 unspecified atom stereocenters. The van der Waals surface area contributed by atoms with Gasteiger partial charge in [0.2, 0.25) is 5.91 Å². The molecule has 1 aromatic heterocycles. The third-order valence-electron chi connectivity index (χ3n) is 5.94. The van der Waals surface area contributed by atoms with Crippen LogP contribution in [-0.2, 0) is 24.2 Å². The standard InChI is InChI=1S/C25H31N5O/c1-18-9-11-21(12-10-18)27-25(2,3)24(31)26-20-13-14-22-28-29-23(30(22)16-15-20)17-19-7-5-4-6-8-19/h4-12,20,27H,13-17H2,1-3H3,(H,26,31). The number of aryl methyl sites for hydroxylation is 2. The van der Waals surface area contributed by atoms with Gasteiger partial charge in [-0.1, -0.05) is 48.0 Å². The van der Waals surface area contributed by atoms with Gasteiger partial charge in [-0.2, -0.15) is 0 Å². The average molecular weight is 418 g/mol. The van der Waals surface area contributed by atoms with Crippen LogP contribution < -0.4 is 10.6 Å². The highest BCUT2D eigenvalue weighted by Gasteiger charge is 2.30. The van der Waals surface area contributed by atoms with Gasteiger partial charge in [-0.25, -0.2) is 0 Å². The molecule has 1 atom stereocenters. The molecule has 0 fully saturated rings. The van der Waals surface area contributed by atoms with Crippen molar-refractivity contribution in [3.63, 3.8) is 0 Å². The van der Waals surface area contributed by atoms with Crippen LogP contribution in [-0.4, -0.2) is 32.3 Å². The molecule has 6 heteroatoms. The summed E-state index contributed by atoms with van der Waals surface area (Å²) < 4.78 is 2.23. The number of fused-ring (bicyclic) bond motifs is 1. The molecule has 6 nitrogen and oxygen atoms in total. The highest BCUT2D eigenvalue weighted by molar-refractivity contribution is 5.88. The van der Waals surface area contributed by atoms with E-state index in [2.05, 4.69) is 44.5 Å². The second-order valence-electron chi connectivity index (χ2n) is 8.96. The van der Waals surface area contributed by atoms with Crippen LogP contribution in [0.1, 0.15) is 49.5 Å². The molecule has 0 bridgehead atoms. The summed E-state index contributed by atoms with van der Waals surface area (Å²) in [6.07, 6.45) is 3.34. The van der Waals surface area contributed by atoms with Crippen molar-refractivity contribution in [1.29, 1.82) is 0 Å². The number of nitrogens with zero attached hydrogens (tertiary/aromatic N) is 3. The summed E-state index contributed by atoms with van der Waals surface area (Å²) in [4.78, 5) is 13.0. The Morgan fingerprint density at radius 3 is 2.55 bits per heavy atom. The Morgan fingerprint density at radius 1 is 1.06 bits per heavy atom. The van der Waals surface area contributed by atoms with Gasteiger partial charge in [0.05, 0.1) is 0 Å². The number of carbonyl (C=O) groups is 1. The van der Waals surface area contributed by atoms with Crippen LogP contribution in [0.3, 0.4) is 0 Å². The summed E-state index contributed by atoms with van der Waals surface area (Å²) in [6.45, 7) is 6.72. The molecular formula is C25H31N5O. The number of nitrogens with one attached hydrogen (secondary N) is 2. The Kier molecular flexibility index (Phi) is 6.07. The molecule has 2 aromatic carbocycles. The lowest BCUT2D eigenvalue weighted by Gasteiger charge is -2.29. The summed E-state index contributed by atoms with van der Waals surface area (Å²) >= 11 is 0. The zero-order valence-corrected chi connectivity index (χ0v) is 18.6. The Morgan fingerprint density at radius 2 is 1.81 bits per heavy atom. The monoisotopic (exact) mass is 417 g/mol. The van der Waals surface area contributed by atoms with Crippen molar-refractivity contribution in [3.8, 4) is 0 Å². The van der Waals surface area contributed by atoms with E-state index in [1.807, 2.05) is 56.3 Å². The largest absolute Gasteiger partial charge is 0.372 e. The molecule has 2 N–H and O–H groups in total. The molecule has 0 aliphatic carbocycles. The maximum absolute atomic E-state index is 13.0. The lowest BCUT2D eigenvalue weighted by atomic mass is 10.0. The number of benzene rings is 2. The van der Waals surface area contributed by atoms with Gasteiger partial charge in [0.25, 0.3) is 0 Å². The van der Waals surface area contributed by atoms with Gasteiger partial charge in [0.15, 0.2) is 0 Å². The number of hydrogen-bond donors (Lipinski definition) is 2. The normalized spacial score (nSPS) is 16.3. The van der Waals surface area contributed by atoms with Gasteiger partial charge in [-0.05, 0) is 51.3 Å². The molecule has 0 spiro atoms. The van der Waals surface area contributed by atoms with Crippen molar-refractivity contribution in [2.24, 2.45) is 0 Å². The minimum absolute atomic E-state index is 0.0141. The lowest BCUT2D eigenvalue weighted by molar-refractivity contribution is -0.125. The van der Waals surface area contributed by atoms with Crippen molar-refractivity contribution in [1.82, 2.24) is 20.1 Å². The lowest BCUT2D eigenvalue weighted by Crippen LogP contribution is -2.51. The van der Waals surface area contributed by atoms with Crippen LogP contribution in [0.25, 0.3) is 0 Å². The predicted molar refractivity (Wildman–Crippen MR) is 123 cm³/mol. The molecule has 1 aliphatic heterocycles. The fourth-order valence-corrected chi connectivity index (χ4v) is 4.02. The van der Waals surface area contributed by atoms with E-state index in [1.165, 1.54) is 11.1 Å². The summed E-state index contributed by atoms with van der Waals surface area (Å²) in [5.74, 6) is 2.02. The van der Waals surface area contributed by atoms with Crippen LogP contribution >= 0.6 is 0 Å². The molecule has 0 saturated carbocycles. The number of rotatable bonds is 6. The molecule has 162 valence electrons. The Hall–Kier alpha value is -3.15. The first kappa shape index (κ1) is 21.1. The van der Waals surface area contributed by atoms with Crippen molar-refractivity contribution in [2.45, 2.75) is 64.6 Å². The van der Waals surface area contributed by atoms with Crippen LogP contribution in [0.15, 0.2) is 54.6 Å². The van der Waals surface area contributed by atoms with Crippen LogP contribution in [0.4, 0.5) is 5.69 Å². The molecule has 3 aromatic rings. The van der Waals surface area contributed by atoms with E-state index in [9.17, 15) is 4.79 Å². The Bertz CT molecular complexity index is 1020. The first-order chi connectivity index (χ1) is 14.9. The van der Waals surface area contributed by atoms with E-state index < -0.39 is 5.54 Å². The number of aromatic nitrogens is 3. The second kappa shape index (κ2) is 8.92. The first-order valence-electron chi connectivity index (χ1n) is 11.0. The highest BCUT2D eigenvalue weighted by Crippen LogP contribution is 2.20. The maximum atomic E-state index is 13.0. The minimum Gasteiger partial charge on any atom is -0.372 e. The van der Waals surface area contributed by atoms with Crippen molar-refractivity contribution in [3.05, 3.63) is 77.4 Å². The quantitative estimate of drug-likeness (QED) is 0.638. The fourth-order valence-electron chi connectivity index (χ4n) is 4.02. The third kappa shape index (κ3) is 5.13. The van der Waals surface area contributed by atoms with Gasteiger partial charge >= 0.3 is 0 Å². The molecule has 2 heterocycles. The van der Waals surface area contributed by atoms with Gasteiger partial charge in [0, 0.05) is 31.1 Å². The average Bonchev–Trinajstić information content (AvgIpc) is 3.01. The highest BCUT2D eigenvalue weighted by atomic mass is 16.2. The molecule has 4 rings (SSSR count). The Labute approximate surface area is 184 Å². The van der Waals surface area contributed by atoms with E-state index in [-0.39, 0.29) is 11.9 Å². The molecule has 0 saturated heterocycles. The van der Waals surface area contributed by atoms with Crippen molar-refractivity contribution >= 4 is 11.6 Å². The van der Waals surface area contributed by atoms with E-state index in [4.69, 9.17) is 0 Å². The van der Waals surface area contributed by atoms with Gasteiger partial charge in [0.1, 0.15) is 17.2 Å². The van der Waals surface area contributed by atoms with Gasteiger partial charge < -0.3 is 15.2 Å². The van der Waals surface area contributed by atoms with E-state index in [0.717, 1.165) is 49.6 Å². The maximum Gasteiger partial charge on any atom is 0.245 e. The number of carbonyl (C=O) groups excluding carboxylic acids is 1. The number of hydrogen-bond acceptors (Lipinski definition) is 4. The third-order valence-corrected chi connectivity index (χ3v) is 5.94. The molecule has 31 heavy (non-hydrogen) atoms. The summed E-state index contributed by atoms with van der Waals surface area (Å²) in [7, 11) is 0. The topological polar surface area (TPSA) is 71.8 Å². The van der Waals surface area contributed by atoms with Gasteiger partial charge in [-0.15, -0.1) is 10.2 Å². The molecule has 0 radical (unpaired) electrons. The zero-order valence-electron chi connectivity index (χ0n) is 18.6. The van der Waals surface area contributed by atoms with Crippen LogP contribution in [0.2, 0.25) is 0 Å². The fraction of sp³-hybridized carbons (Fsp3) is 0.400. The van der Waals surface area contributed by atoms with Crippen molar-refractivity contribution < 1.29 is 4.79 Å². The van der Waals surface area contributed by atoms with Gasteiger partial charge in [-0.3, -0.25) is 4.79 Å². The predicted octanol–water partition coefficient (Wildman–Crippen LogP) is 3.89. The summed E-state index contributed by atoms with van der Waals surface area (Å²) in [6, 6.07) is 18.6. The molecule has 1 aliphatic rings. The number of anilines is 1. The first-order valence-corrected chi connectivity index (χ1v) is 11.0. The minimum atomic E-state index is -0.699. The van der Waals surface area contributed by atoms with Crippen LogP contribution in [0.5, 0.6) is 0 Å². The van der Waals surface area contributed by atoms with Crippen LogP contribution in [0, 0.1) is 6.92 Å². The number of amides is 1. The summed E-state index contributed by atoms with van der Waals surface area (Å²) in [5.41, 5.74) is 2.68. The smallest absolute Gasteiger partial charge is 0.245 e. The van der Waals surface area contributed by atoms with E-state index >= 15 is 0 Å². The van der Waals surface area contributed by atoms with E-state index in [0.29, 0.717) is 0 Å².